The lowest BCUT2D eigenvalue weighted by molar-refractivity contribution is 0.569. The minimum atomic E-state index is 1.16. The molecule has 0 aromatic carbocycles. The molecule has 46 valence electrons. The fourth-order valence-corrected chi connectivity index (χ4v) is 1.84. The summed E-state index contributed by atoms with van der Waals surface area (Å²) in [6.45, 7) is 0. The summed E-state index contributed by atoms with van der Waals surface area (Å²) in [6.07, 6.45) is 6.26. The summed E-state index contributed by atoms with van der Waals surface area (Å²) in [5.74, 6) is 1.20. The Bertz CT molecular complexity index is 72.5. The summed E-state index contributed by atoms with van der Waals surface area (Å²) in [4.78, 5) is 0. The van der Waals surface area contributed by atoms with Crippen LogP contribution in [0.15, 0.2) is 12.3 Å². The lowest BCUT2D eigenvalue weighted by atomic mass is 10.3. The van der Waals surface area contributed by atoms with Gasteiger partial charge < -0.3 is 4.18 Å². The van der Waals surface area contributed by atoms with E-state index in [0.29, 0.717) is 0 Å². The van der Waals surface area contributed by atoms with E-state index in [9.17, 15) is 0 Å². The minimum absolute atomic E-state index is 1.16. The van der Waals surface area contributed by atoms with Gasteiger partial charge in [0.1, 0.15) is 11.1 Å². The molecule has 0 bridgehead atoms. The first-order valence-electron chi connectivity index (χ1n) is 2.60. The van der Waals surface area contributed by atoms with E-state index in [1.165, 1.54) is 23.2 Å². The highest BCUT2D eigenvalue weighted by Crippen LogP contribution is 2.25. The Hall–Kier alpha value is 0.240. The van der Waals surface area contributed by atoms with Gasteiger partial charge in [0.15, 0.2) is 0 Å². The van der Waals surface area contributed by atoms with Crippen LogP contribution in [0.3, 0.4) is 0 Å². The molecule has 0 saturated heterocycles. The molecule has 0 atom stereocenters. The molecule has 0 radical (unpaired) electrons. The van der Waals surface area contributed by atoms with E-state index in [4.69, 9.17) is 4.18 Å². The second-order valence-electron chi connectivity index (χ2n) is 1.50. The van der Waals surface area contributed by atoms with Gasteiger partial charge in [-0.1, -0.05) is 10.8 Å². The second kappa shape index (κ2) is 4.15. The fourth-order valence-electron chi connectivity index (χ4n) is 0.452. The molecule has 0 spiro atoms. The zero-order valence-corrected chi connectivity index (χ0v) is 6.13. The van der Waals surface area contributed by atoms with Crippen LogP contribution in [0.4, 0.5) is 0 Å². The van der Waals surface area contributed by atoms with Gasteiger partial charge in [0.2, 0.25) is 0 Å². The lowest BCUT2D eigenvalue weighted by Gasteiger charge is -2.00. The van der Waals surface area contributed by atoms with Gasteiger partial charge in [0, 0.05) is 5.75 Å². The van der Waals surface area contributed by atoms with Crippen molar-refractivity contribution < 1.29 is 4.18 Å². The Labute approximate surface area is 57.5 Å². The van der Waals surface area contributed by atoms with Crippen LogP contribution in [0.5, 0.6) is 0 Å². The van der Waals surface area contributed by atoms with Crippen molar-refractivity contribution in [1.82, 2.24) is 0 Å². The van der Waals surface area contributed by atoms with E-state index in [0.717, 1.165) is 6.42 Å². The molecule has 1 heterocycles. The molecular weight excluding hydrogens is 140 g/mol. The Morgan fingerprint density at radius 1 is 1.50 bits per heavy atom. The zero-order chi connectivity index (χ0) is 5.66. The number of allylic oxidation sites excluding steroid dienone is 1. The summed E-state index contributed by atoms with van der Waals surface area (Å²) < 4.78 is 4.97. The minimum Gasteiger partial charge on any atom is -0.422 e. The van der Waals surface area contributed by atoms with Gasteiger partial charge in [-0.3, -0.25) is 0 Å². The summed E-state index contributed by atoms with van der Waals surface area (Å²) >= 11 is 1.46. The van der Waals surface area contributed by atoms with Crippen LogP contribution in [0, 0.1) is 0 Å². The first kappa shape index (κ1) is 6.36. The van der Waals surface area contributed by atoms with Gasteiger partial charge in [-0.15, -0.1) is 0 Å². The van der Waals surface area contributed by atoms with Crippen molar-refractivity contribution in [1.29, 1.82) is 0 Å². The van der Waals surface area contributed by atoms with E-state index in [1.54, 1.807) is 17.1 Å². The summed E-state index contributed by atoms with van der Waals surface area (Å²) in [5, 5.41) is 0. The van der Waals surface area contributed by atoms with Gasteiger partial charge in [-0.2, -0.15) is 0 Å². The first-order valence-corrected chi connectivity index (χ1v) is 4.84. The van der Waals surface area contributed by atoms with Crippen molar-refractivity contribution in [2.24, 2.45) is 0 Å². The van der Waals surface area contributed by atoms with Crippen LogP contribution in [0.2, 0.25) is 0 Å². The second-order valence-corrected chi connectivity index (χ2v) is 3.59. The van der Waals surface area contributed by atoms with Crippen molar-refractivity contribution in [2.75, 3.05) is 5.75 Å². The topological polar surface area (TPSA) is 9.23 Å². The van der Waals surface area contributed by atoms with Crippen LogP contribution < -0.4 is 0 Å². The van der Waals surface area contributed by atoms with E-state index in [1.807, 2.05) is 0 Å². The SMILES string of the molecule is C1=C\OSSCCC/1. The van der Waals surface area contributed by atoms with Gasteiger partial charge in [0.05, 0.1) is 6.26 Å². The zero-order valence-electron chi connectivity index (χ0n) is 4.50. The molecule has 3 heteroatoms. The molecule has 1 rings (SSSR count). The van der Waals surface area contributed by atoms with Gasteiger partial charge in [-0.05, 0) is 18.9 Å². The fraction of sp³-hybridized carbons (Fsp3) is 0.600. The molecule has 1 nitrogen and oxygen atoms in total. The van der Waals surface area contributed by atoms with E-state index in [2.05, 4.69) is 6.08 Å². The molecule has 0 unspecified atom stereocenters. The Balaban J connectivity index is 2.17. The van der Waals surface area contributed by atoms with Crippen molar-refractivity contribution in [3.8, 4) is 0 Å². The van der Waals surface area contributed by atoms with Crippen LogP contribution in [-0.4, -0.2) is 5.75 Å². The Morgan fingerprint density at radius 2 is 2.50 bits per heavy atom. The van der Waals surface area contributed by atoms with Gasteiger partial charge >= 0.3 is 0 Å². The summed E-state index contributed by atoms with van der Waals surface area (Å²) in [6, 6.07) is 0. The molecule has 0 saturated carbocycles. The summed E-state index contributed by atoms with van der Waals surface area (Å²) in [7, 11) is 1.77. The van der Waals surface area contributed by atoms with Crippen LogP contribution in [0.25, 0.3) is 0 Å². The van der Waals surface area contributed by atoms with Crippen molar-refractivity contribution in [2.45, 2.75) is 12.8 Å². The van der Waals surface area contributed by atoms with E-state index < -0.39 is 0 Å². The quantitative estimate of drug-likeness (QED) is 0.386. The molecule has 0 N–H and O–H groups in total. The summed E-state index contributed by atoms with van der Waals surface area (Å²) in [5.41, 5.74) is 0. The molecular formula is C5H8OS2. The average molecular weight is 148 g/mol. The molecule has 0 aromatic heterocycles. The Kier molecular flexibility index (Phi) is 3.30. The predicted molar refractivity (Wildman–Crippen MR) is 39.5 cm³/mol. The Morgan fingerprint density at radius 3 is 3.50 bits per heavy atom. The normalized spacial score (nSPS) is 25.0. The van der Waals surface area contributed by atoms with Crippen LogP contribution in [-0.2, 0) is 4.18 Å². The highest BCUT2D eigenvalue weighted by atomic mass is 33.1. The average Bonchev–Trinajstić information content (AvgIpc) is 1.62. The van der Waals surface area contributed by atoms with E-state index in [-0.39, 0.29) is 0 Å². The molecule has 0 aromatic rings. The van der Waals surface area contributed by atoms with Crippen LogP contribution >= 0.6 is 21.9 Å². The largest absolute Gasteiger partial charge is 0.422 e. The number of rotatable bonds is 0. The smallest absolute Gasteiger partial charge is 0.125 e. The van der Waals surface area contributed by atoms with Gasteiger partial charge in [0.25, 0.3) is 0 Å². The highest BCUT2D eigenvalue weighted by molar-refractivity contribution is 8.74. The molecule has 0 aliphatic carbocycles. The van der Waals surface area contributed by atoms with Gasteiger partial charge in [-0.25, -0.2) is 0 Å². The number of hydrogen-bond acceptors (Lipinski definition) is 3. The highest BCUT2D eigenvalue weighted by Gasteiger charge is 1.91. The maximum atomic E-state index is 4.97. The third-order valence-electron chi connectivity index (χ3n) is 0.838. The van der Waals surface area contributed by atoms with E-state index >= 15 is 0 Å². The lowest BCUT2D eigenvalue weighted by Crippen LogP contribution is -1.78. The maximum absolute atomic E-state index is 4.97. The van der Waals surface area contributed by atoms with Crippen molar-refractivity contribution in [3.63, 3.8) is 0 Å². The monoisotopic (exact) mass is 148 g/mol. The van der Waals surface area contributed by atoms with Crippen molar-refractivity contribution in [3.05, 3.63) is 12.3 Å². The predicted octanol–water partition coefficient (Wildman–Crippen LogP) is 2.61. The standard InChI is InChI=1S/C5H8OS2/c1-2-4-6-8-7-5-3-1/h2,4H,1,3,5H2/b4-2-. The molecule has 0 fully saturated rings. The van der Waals surface area contributed by atoms with Crippen molar-refractivity contribution >= 4 is 21.9 Å². The first-order chi connectivity index (χ1) is 4.00. The molecule has 1 aliphatic heterocycles. The number of hydrogen-bond donors (Lipinski definition) is 0. The molecule has 1 aliphatic rings. The maximum Gasteiger partial charge on any atom is 0.125 e. The molecule has 8 heavy (non-hydrogen) atoms. The van der Waals surface area contributed by atoms with Crippen LogP contribution in [0.1, 0.15) is 12.8 Å². The third-order valence-corrected chi connectivity index (χ3v) is 2.60. The third kappa shape index (κ3) is 2.52. The molecule has 0 amide bonds.